The van der Waals surface area contributed by atoms with E-state index in [-0.39, 0.29) is 16.9 Å². The van der Waals surface area contributed by atoms with E-state index in [0.29, 0.717) is 23.5 Å². The molecule has 22 heavy (non-hydrogen) atoms. The predicted molar refractivity (Wildman–Crippen MR) is 80.5 cm³/mol. The Hall–Kier alpha value is -2.63. The molecule has 0 bridgehead atoms. The van der Waals surface area contributed by atoms with Crippen molar-refractivity contribution in [3.8, 4) is 11.3 Å². The highest BCUT2D eigenvalue weighted by Gasteiger charge is 2.21. The minimum Gasteiger partial charge on any atom is -0.478 e. The Bertz CT molecular complexity index is 677. The lowest BCUT2D eigenvalue weighted by molar-refractivity contribution is -0.523. The lowest BCUT2D eigenvalue weighted by Gasteiger charge is -2.06. The number of carbonyl (C=O) groups is 1. The maximum Gasteiger partial charge on any atom is 0.335 e. The molecule has 0 saturated carbocycles. The fourth-order valence-corrected chi connectivity index (χ4v) is 2.30. The molecule has 0 aliphatic heterocycles. The van der Waals surface area contributed by atoms with Gasteiger partial charge in [0, 0.05) is 16.9 Å². The molecule has 116 valence electrons. The molecule has 0 saturated heterocycles. The highest BCUT2D eigenvalue weighted by Crippen LogP contribution is 2.24. The largest absolute Gasteiger partial charge is 0.478 e. The van der Waals surface area contributed by atoms with E-state index in [1.165, 1.54) is 12.1 Å². The van der Waals surface area contributed by atoms with Crippen molar-refractivity contribution in [1.29, 1.82) is 0 Å². The standard InChI is InChI=1S/C16H17NO5/c1-2-4-13(17(20)21)10-14-7-8-15(22-14)11-5-3-6-12(9-11)16(18)19/h3,5-9,13H,2,4,10H2,1H3,(H,18,19). The average Bonchev–Trinajstić information content (AvgIpc) is 2.95. The molecule has 0 aliphatic carbocycles. The molecule has 1 N–H and O–H groups in total. The molecule has 6 nitrogen and oxygen atoms in total. The molecular weight excluding hydrogens is 286 g/mol. The molecular formula is C16H17NO5. The van der Waals surface area contributed by atoms with Crippen LogP contribution < -0.4 is 0 Å². The summed E-state index contributed by atoms with van der Waals surface area (Å²) < 4.78 is 5.63. The Kier molecular flexibility index (Phi) is 4.93. The highest BCUT2D eigenvalue weighted by atomic mass is 16.6. The first kappa shape index (κ1) is 15.8. The van der Waals surface area contributed by atoms with Crippen LogP contribution in [0, 0.1) is 10.1 Å². The van der Waals surface area contributed by atoms with Gasteiger partial charge in [-0.1, -0.05) is 19.1 Å². The predicted octanol–water partition coefficient (Wildman–Crippen LogP) is 3.63. The smallest absolute Gasteiger partial charge is 0.335 e. The van der Waals surface area contributed by atoms with E-state index in [4.69, 9.17) is 9.52 Å². The van der Waals surface area contributed by atoms with Crippen LogP contribution in [0.25, 0.3) is 11.3 Å². The van der Waals surface area contributed by atoms with Gasteiger partial charge >= 0.3 is 5.97 Å². The fraction of sp³-hybridized carbons (Fsp3) is 0.312. The van der Waals surface area contributed by atoms with Crippen LogP contribution in [0.15, 0.2) is 40.8 Å². The molecule has 0 aliphatic rings. The molecule has 6 heteroatoms. The molecule has 2 aromatic rings. The number of carboxylic acid groups (broad SMARTS) is 1. The summed E-state index contributed by atoms with van der Waals surface area (Å²) in [4.78, 5) is 21.7. The lowest BCUT2D eigenvalue weighted by atomic mass is 10.1. The Labute approximate surface area is 127 Å². The van der Waals surface area contributed by atoms with Crippen molar-refractivity contribution < 1.29 is 19.2 Å². The van der Waals surface area contributed by atoms with E-state index in [2.05, 4.69) is 0 Å². The number of aromatic carboxylic acids is 1. The zero-order chi connectivity index (χ0) is 16.1. The first-order valence-electron chi connectivity index (χ1n) is 7.07. The van der Waals surface area contributed by atoms with Gasteiger partial charge in [0.05, 0.1) is 12.0 Å². The second-order valence-corrected chi connectivity index (χ2v) is 5.08. The van der Waals surface area contributed by atoms with Crippen LogP contribution in [0.4, 0.5) is 0 Å². The summed E-state index contributed by atoms with van der Waals surface area (Å²) in [5.41, 5.74) is 0.809. The van der Waals surface area contributed by atoms with E-state index in [0.717, 1.165) is 6.42 Å². The fourth-order valence-electron chi connectivity index (χ4n) is 2.30. The van der Waals surface area contributed by atoms with Gasteiger partial charge < -0.3 is 9.52 Å². The Morgan fingerprint density at radius 1 is 1.36 bits per heavy atom. The Morgan fingerprint density at radius 2 is 2.14 bits per heavy atom. The number of hydrogen-bond acceptors (Lipinski definition) is 4. The maximum atomic E-state index is 11.0. The second kappa shape index (κ2) is 6.89. The lowest BCUT2D eigenvalue weighted by Crippen LogP contribution is -2.21. The quantitative estimate of drug-likeness (QED) is 0.622. The van der Waals surface area contributed by atoms with Crippen molar-refractivity contribution in [1.82, 2.24) is 0 Å². The summed E-state index contributed by atoms with van der Waals surface area (Å²) in [7, 11) is 0. The molecule has 2 rings (SSSR count). The summed E-state index contributed by atoms with van der Waals surface area (Å²) >= 11 is 0. The van der Waals surface area contributed by atoms with Gasteiger partial charge in [0.1, 0.15) is 11.5 Å². The Morgan fingerprint density at radius 3 is 2.77 bits per heavy atom. The van der Waals surface area contributed by atoms with Gasteiger partial charge in [-0.15, -0.1) is 0 Å². The van der Waals surface area contributed by atoms with Crippen LogP contribution in [0.2, 0.25) is 0 Å². The normalized spacial score (nSPS) is 12.0. The molecule has 0 radical (unpaired) electrons. The van der Waals surface area contributed by atoms with Gasteiger partial charge in [-0.3, -0.25) is 10.1 Å². The average molecular weight is 303 g/mol. The van der Waals surface area contributed by atoms with Gasteiger partial charge in [0.25, 0.3) is 0 Å². The molecule has 1 heterocycles. The second-order valence-electron chi connectivity index (χ2n) is 5.08. The van der Waals surface area contributed by atoms with Crippen molar-refractivity contribution in [2.75, 3.05) is 0 Å². The van der Waals surface area contributed by atoms with Gasteiger partial charge in [-0.2, -0.15) is 0 Å². The minimum atomic E-state index is -1.01. The zero-order valence-corrected chi connectivity index (χ0v) is 12.2. The number of benzene rings is 1. The van der Waals surface area contributed by atoms with Crippen LogP contribution in [0.1, 0.15) is 35.9 Å². The van der Waals surface area contributed by atoms with E-state index < -0.39 is 12.0 Å². The molecule has 0 amide bonds. The summed E-state index contributed by atoms with van der Waals surface area (Å²) in [6.45, 7) is 1.90. The summed E-state index contributed by atoms with van der Waals surface area (Å²) in [6, 6.07) is 9.15. The number of nitrogens with zero attached hydrogens (tertiary/aromatic N) is 1. The number of rotatable bonds is 7. The first-order chi connectivity index (χ1) is 10.5. The van der Waals surface area contributed by atoms with Gasteiger partial charge in [-0.05, 0) is 30.7 Å². The van der Waals surface area contributed by atoms with Crippen molar-refractivity contribution >= 4 is 5.97 Å². The summed E-state index contributed by atoms with van der Waals surface area (Å²) in [5, 5.41) is 20.0. The molecule has 0 spiro atoms. The first-order valence-corrected chi connectivity index (χ1v) is 7.07. The van der Waals surface area contributed by atoms with Crippen LogP contribution in [0.3, 0.4) is 0 Å². The summed E-state index contributed by atoms with van der Waals surface area (Å²) in [6.07, 6.45) is 1.47. The van der Waals surface area contributed by atoms with Crippen LogP contribution in [-0.2, 0) is 6.42 Å². The molecule has 1 aromatic carbocycles. The summed E-state index contributed by atoms with van der Waals surface area (Å²) in [5.74, 6) is 0.0348. The van der Waals surface area contributed by atoms with E-state index in [1.54, 1.807) is 24.3 Å². The maximum absolute atomic E-state index is 11.0. The Balaban J connectivity index is 2.19. The van der Waals surface area contributed by atoms with Crippen molar-refractivity contribution in [2.24, 2.45) is 0 Å². The monoisotopic (exact) mass is 303 g/mol. The van der Waals surface area contributed by atoms with E-state index >= 15 is 0 Å². The number of carboxylic acids is 1. The minimum absolute atomic E-state index is 0.171. The zero-order valence-electron chi connectivity index (χ0n) is 12.2. The van der Waals surface area contributed by atoms with Gasteiger partial charge in [-0.25, -0.2) is 4.79 Å². The van der Waals surface area contributed by atoms with E-state index in [9.17, 15) is 14.9 Å². The molecule has 0 fully saturated rings. The molecule has 1 unspecified atom stereocenters. The number of hydrogen-bond donors (Lipinski definition) is 1. The third-order valence-corrected chi connectivity index (χ3v) is 3.41. The topological polar surface area (TPSA) is 93.6 Å². The van der Waals surface area contributed by atoms with Crippen molar-refractivity contribution in [3.05, 3.63) is 57.8 Å². The molecule has 1 aromatic heterocycles. The highest BCUT2D eigenvalue weighted by molar-refractivity contribution is 5.89. The third-order valence-electron chi connectivity index (χ3n) is 3.41. The van der Waals surface area contributed by atoms with Gasteiger partial charge in [0.15, 0.2) is 0 Å². The molecule has 1 atom stereocenters. The van der Waals surface area contributed by atoms with Gasteiger partial charge in [0.2, 0.25) is 6.04 Å². The van der Waals surface area contributed by atoms with Crippen molar-refractivity contribution in [2.45, 2.75) is 32.2 Å². The SMILES string of the molecule is CCCC(Cc1ccc(-c2cccc(C(=O)O)c2)o1)[N+](=O)[O-]. The van der Waals surface area contributed by atoms with Crippen LogP contribution in [0.5, 0.6) is 0 Å². The van der Waals surface area contributed by atoms with Crippen LogP contribution >= 0.6 is 0 Å². The number of nitro groups is 1. The third kappa shape index (κ3) is 3.72. The van der Waals surface area contributed by atoms with Crippen LogP contribution in [-0.4, -0.2) is 22.0 Å². The number of furan rings is 1. The van der Waals surface area contributed by atoms with E-state index in [1.807, 2.05) is 6.92 Å². The van der Waals surface area contributed by atoms with Crippen molar-refractivity contribution in [3.63, 3.8) is 0 Å².